The third-order valence-electron chi connectivity index (χ3n) is 4.16. The Bertz CT molecular complexity index is 876. The van der Waals surface area contributed by atoms with E-state index >= 15 is 0 Å². The van der Waals surface area contributed by atoms with Crippen LogP contribution in [0.4, 0.5) is 5.69 Å². The van der Waals surface area contributed by atoms with Gasteiger partial charge in [-0.1, -0.05) is 23.2 Å². The summed E-state index contributed by atoms with van der Waals surface area (Å²) in [5, 5.41) is 0.496. The molecule has 0 saturated heterocycles. The summed E-state index contributed by atoms with van der Waals surface area (Å²) in [5.41, 5.74) is 0.370. The van der Waals surface area contributed by atoms with Gasteiger partial charge in [0.25, 0.3) is 10.0 Å². The number of hydrogen-bond donors (Lipinski definition) is 1. The highest BCUT2D eigenvalue weighted by molar-refractivity contribution is 7.92. The molecule has 0 aliphatic heterocycles. The van der Waals surface area contributed by atoms with Gasteiger partial charge in [0.05, 0.1) is 23.8 Å². The first-order chi connectivity index (χ1) is 12.4. The molecule has 1 aliphatic carbocycles. The molecule has 0 atom stereocenters. The van der Waals surface area contributed by atoms with E-state index in [2.05, 4.69) is 4.72 Å². The average Bonchev–Trinajstić information content (AvgIpc) is 3.07. The number of rotatable bonds is 6. The van der Waals surface area contributed by atoms with Gasteiger partial charge < -0.3 is 9.47 Å². The number of halogens is 2. The fraction of sp³-hybridized carbons (Fsp3) is 0.333. The fourth-order valence-electron chi connectivity index (χ4n) is 2.92. The van der Waals surface area contributed by atoms with Crippen molar-refractivity contribution in [3.8, 4) is 11.5 Å². The second-order valence-corrected chi connectivity index (χ2v) is 8.66. The van der Waals surface area contributed by atoms with Crippen LogP contribution in [-0.4, -0.2) is 21.6 Å². The van der Waals surface area contributed by atoms with Gasteiger partial charge in [-0.2, -0.15) is 0 Å². The SMILES string of the molecule is COc1ccc(NS(=O)(=O)c2cc(Cl)cc(Cl)c2)cc1OC1CCCC1. The van der Waals surface area contributed by atoms with Crippen LogP contribution in [-0.2, 0) is 10.0 Å². The highest BCUT2D eigenvalue weighted by atomic mass is 35.5. The Morgan fingerprint density at radius 3 is 2.27 bits per heavy atom. The van der Waals surface area contributed by atoms with Gasteiger partial charge in [0.1, 0.15) is 0 Å². The molecule has 2 aromatic rings. The fourth-order valence-corrected chi connectivity index (χ4v) is 4.69. The molecular formula is C18H19Cl2NO4S. The Hall–Kier alpha value is -1.63. The van der Waals surface area contributed by atoms with Crippen molar-refractivity contribution in [2.24, 2.45) is 0 Å². The normalized spacial score (nSPS) is 15.0. The van der Waals surface area contributed by atoms with Crippen molar-refractivity contribution in [2.75, 3.05) is 11.8 Å². The third-order valence-corrected chi connectivity index (χ3v) is 5.96. The molecule has 0 unspecified atom stereocenters. The first kappa shape index (κ1) is 19.1. The van der Waals surface area contributed by atoms with E-state index in [0.717, 1.165) is 25.7 Å². The van der Waals surface area contributed by atoms with Crippen molar-refractivity contribution in [1.82, 2.24) is 0 Å². The molecule has 1 N–H and O–H groups in total. The summed E-state index contributed by atoms with van der Waals surface area (Å²) < 4.78 is 39.1. The highest BCUT2D eigenvalue weighted by Gasteiger charge is 2.20. The molecule has 0 heterocycles. The summed E-state index contributed by atoms with van der Waals surface area (Å²) in [6, 6.07) is 9.07. The lowest BCUT2D eigenvalue weighted by molar-refractivity contribution is 0.201. The minimum Gasteiger partial charge on any atom is -0.493 e. The van der Waals surface area contributed by atoms with Crippen molar-refractivity contribution >= 4 is 38.9 Å². The van der Waals surface area contributed by atoms with Crippen LogP contribution < -0.4 is 14.2 Å². The van der Waals surface area contributed by atoms with E-state index in [4.69, 9.17) is 32.7 Å². The zero-order valence-electron chi connectivity index (χ0n) is 14.2. The van der Waals surface area contributed by atoms with Gasteiger partial charge >= 0.3 is 0 Å². The van der Waals surface area contributed by atoms with Gasteiger partial charge in [-0.3, -0.25) is 4.72 Å². The van der Waals surface area contributed by atoms with Crippen molar-refractivity contribution in [1.29, 1.82) is 0 Å². The van der Waals surface area contributed by atoms with Crippen molar-refractivity contribution in [3.05, 3.63) is 46.4 Å². The lowest BCUT2D eigenvalue weighted by atomic mass is 10.2. The van der Waals surface area contributed by atoms with Gasteiger partial charge in [-0.15, -0.1) is 0 Å². The number of benzene rings is 2. The predicted molar refractivity (Wildman–Crippen MR) is 103 cm³/mol. The summed E-state index contributed by atoms with van der Waals surface area (Å²) in [6.07, 6.45) is 4.37. The maximum atomic E-state index is 12.6. The Morgan fingerprint density at radius 1 is 1.00 bits per heavy atom. The number of hydrogen-bond acceptors (Lipinski definition) is 4. The maximum Gasteiger partial charge on any atom is 0.261 e. The quantitative estimate of drug-likeness (QED) is 0.710. The number of sulfonamides is 1. The number of anilines is 1. The van der Waals surface area contributed by atoms with Crippen LogP contribution in [0, 0.1) is 0 Å². The van der Waals surface area contributed by atoms with E-state index in [0.29, 0.717) is 17.2 Å². The van der Waals surface area contributed by atoms with Crippen LogP contribution in [0.25, 0.3) is 0 Å². The number of methoxy groups -OCH3 is 1. The summed E-state index contributed by atoms with van der Waals surface area (Å²) in [5.74, 6) is 1.08. The van der Waals surface area contributed by atoms with Gasteiger partial charge in [-0.05, 0) is 56.0 Å². The minimum atomic E-state index is -3.84. The number of nitrogens with one attached hydrogen (secondary N) is 1. The molecule has 0 aromatic heterocycles. The molecule has 1 saturated carbocycles. The van der Waals surface area contributed by atoms with Gasteiger partial charge in [0, 0.05) is 16.1 Å². The third kappa shape index (κ3) is 4.55. The van der Waals surface area contributed by atoms with E-state index in [1.165, 1.54) is 18.2 Å². The molecule has 26 heavy (non-hydrogen) atoms. The van der Waals surface area contributed by atoms with Crippen molar-refractivity contribution in [3.63, 3.8) is 0 Å². The van der Waals surface area contributed by atoms with Crippen LogP contribution in [0.5, 0.6) is 11.5 Å². The molecular weight excluding hydrogens is 397 g/mol. The van der Waals surface area contributed by atoms with E-state index in [9.17, 15) is 8.42 Å². The van der Waals surface area contributed by atoms with E-state index < -0.39 is 10.0 Å². The first-order valence-electron chi connectivity index (χ1n) is 8.21. The van der Waals surface area contributed by atoms with Gasteiger partial charge in [0.15, 0.2) is 11.5 Å². The van der Waals surface area contributed by atoms with Gasteiger partial charge in [0.2, 0.25) is 0 Å². The topological polar surface area (TPSA) is 64.6 Å². The predicted octanol–water partition coefficient (Wildman–Crippen LogP) is 5.12. The lowest BCUT2D eigenvalue weighted by Gasteiger charge is -2.17. The highest BCUT2D eigenvalue weighted by Crippen LogP contribution is 2.34. The van der Waals surface area contributed by atoms with Crippen molar-refractivity contribution in [2.45, 2.75) is 36.7 Å². The largest absolute Gasteiger partial charge is 0.493 e. The maximum absolute atomic E-state index is 12.6. The molecule has 0 amide bonds. The monoisotopic (exact) mass is 415 g/mol. The average molecular weight is 416 g/mol. The zero-order valence-corrected chi connectivity index (χ0v) is 16.5. The summed E-state index contributed by atoms with van der Waals surface area (Å²) in [4.78, 5) is -0.0101. The van der Waals surface area contributed by atoms with E-state index in [-0.39, 0.29) is 21.0 Å². The Labute approximate surface area is 163 Å². The van der Waals surface area contributed by atoms with Crippen molar-refractivity contribution < 1.29 is 17.9 Å². The van der Waals surface area contributed by atoms with Crippen LogP contribution in [0.1, 0.15) is 25.7 Å². The molecule has 140 valence electrons. The molecule has 5 nitrogen and oxygen atoms in total. The molecule has 1 fully saturated rings. The van der Waals surface area contributed by atoms with E-state index in [1.807, 2.05) is 0 Å². The molecule has 8 heteroatoms. The lowest BCUT2D eigenvalue weighted by Crippen LogP contribution is -2.14. The molecule has 0 radical (unpaired) electrons. The molecule has 1 aliphatic rings. The Kier molecular flexibility index (Phi) is 5.85. The molecule has 3 rings (SSSR count). The van der Waals surface area contributed by atoms with Crippen LogP contribution in [0.3, 0.4) is 0 Å². The minimum absolute atomic E-state index is 0.0101. The zero-order chi connectivity index (χ0) is 18.7. The second kappa shape index (κ2) is 7.94. The molecule has 2 aromatic carbocycles. The Balaban J connectivity index is 1.86. The summed E-state index contributed by atoms with van der Waals surface area (Å²) >= 11 is 11.8. The Morgan fingerprint density at radius 2 is 1.65 bits per heavy atom. The first-order valence-corrected chi connectivity index (χ1v) is 10.4. The standard InChI is InChI=1S/C18H19Cl2NO4S/c1-24-17-7-6-14(11-18(17)25-15-4-2-3-5-15)21-26(22,23)16-9-12(19)8-13(20)10-16/h6-11,15,21H,2-5H2,1H3. The van der Waals surface area contributed by atoms with Crippen LogP contribution >= 0.6 is 23.2 Å². The molecule has 0 bridgehead atoms. The number of ether oxygens (including phenoxy) is 2. The van der Waals surface area contributed by atoms with Gasteiger partial charge in [-0.25, -0.2) is 8.42 Å². The van der Waals surface area contributed by atoms with Crippen LogP contribution in [0.15, 0.2) is 41.3 Å². The second-order valence-electron chi connectivity index (χ2n) is 6.10. The molecule has 0 spiro atoms. The van der Waals surface area contributed by atoms with E-state index in [1.54, 1.807) is 25.3 Å². The smallest absolute Gasteiger partial charge is 0.261 e. The summed E-state index contributed by atoms with van der Waals surface area (Å²) in [6.45, 7) is 0. The summed E-state index contributed by atoms with van der Waals surface area (Å²) in [7, 11) is -2.29. The van der Waals surface area contributed by atoms with Crippen LogP contribution in [0.2, 0.25) is 10.0 Å².